The van der Waals surface area contributed by atoms with Gasteiger partial charge in [-0.1, -0.05) is 6.07 Å². The highest BCUT2D eigenvalue weighted by molar-refractivity contribution is 6.99. The number of pyridine rings is 1. The first-order valence-corrected chi connectivity index (χ1v) is 6.33. The van der Waals surface area contributed by atoms with Crippen molar-refractivity contribution in [3.05, 3.63) is 41.0 Å². The lowest BCUT2D eigenvalue weighted by Gasteiger charge is -2.13. The molecule has 0 saturated heterocycles. The highest BCUT2D eigenvalue weighted by atomic mass is 32.1. The maximum absolute atomic E-state index is 11.9. The molecule has 0 radical (unpaired) electrons. The van der Waals surface area contributed by atoms with E-state index < -0.39 is 0 Å². The Morgan fingerprint density at radius 2 is 2.11 bits per heavy atom. The van der Waals surface area contributed by atoms with Crippen molar-refractivity contribution in [2.45, 2.75) is 26.8 Å². The summed E-state index contributed by atoms with van der Waals surface area (Å²) in [4.78, 5) is 16.2. The second-order valence-electron chi connectivity index (χ2n) is 4.13. The van der Waals surface area contributed by atoms with Crippen LogP contribution in [0.15, 0.2) is 18.3 Å². The minimum atomic E-state index is -0.200. The van der Waals surface area contributed by atoms with E-state index in [-0.39, 0.29) is 11.9 Å². The molecule has 2 heterocycles. The van der Waals surface area contributed by atoms with E-state index >= 15 is 0 Å². The third kappa shape index (κ3) is 2.70. The molecule has 94 valence electrons. The van der Waals surface area contributed by atoms with Crippen LogP contribution in [0.4, 0.5) is 0 Å². The van der Waals surface area contributed by atoms with Gasteiger partial charge >= 0.3 is 0 Å². The quantitative estimate of drug-likeness (QED) is 0.919. The van der Waals surface area contributed by atoms with E-state index in [1.54, 1.807) is 13.1 Å². The smallest absolute Gasteiger partial charge is 0.273 e. The van der Waals surface area contributed by atoms with Gasteiger partial charge in [-0.2, -0.15) is 8.75 Å². The van der Waals surface area contributed by atoms with Crippen LogP contribution in [0.1, 0.15) is 40.4 Å². The number of aromatic nitrogens is 3. The van der Waals surface area contributed by atoms with Crippen LogP contribution in [0.2, 0.25) is 0 Å². The van der Waals surface area contributed by atoms with Gasteiger partial charge in [0.05, 0.1) is 23.5 Å². The Hall–Kier alpha value is -1.82. The molecule has 0 fully saturated rings. The number of nitrogens with one attached hydrogen (secondary N) is 1. The molecule has 6 heteroatoms. The molecule has 0 aromatic carbocycles. The van der Waals surface area contributed by atoms with Gasteiger partial charge in [-0.05, 0) is 32.4 Å². The average Bonchev–Trinajstić information content (AvgIpc) is 2.76. The van der Waals surface area contributed by atoms with E-state index in [0.717, 1.165) is 23.0 Å². The van der Waals surface area contributed by atoms with E-state index in [0.29, 0.717) is 11.4 Å². The van der Waals surface area contributed by atoms with E-state index in [1.807, 2.05) is 26.0 Å². The van der Waals surface area contributed by atoms with E-state index in [1.165, 1.54) is 0 Å². The summed E-state index contributed by atoms with van der Waals surface area (Å²) < 4.78 is 7.97. The van der Waals surface area contributed by atoms with Crippen molar-refractivity contribution in [2.24, 2.45) is 0 Å². The minimum absolute atomic E-state index is 0.105. The number of rotatable bonds is 3. The summed E-state index contributed by atoms with van der Waals surface area (Å²) in [5.41, 5.74) is 2.98. The molecule has 0 saturated carbocycles. The molecule has 18 heavy (non-hydrogen) atoms. The SMILES string of the molecule is Cc1ccc(C(C)NC(=O)c2nsnc2C)cn1. The van der Waals surface area contributed by atoms with Crippen molar-refractivity contribution in [3.63, 3.8) is 0 Å². The third-order valence-corrected chi connectivity index (χ3v) is 3.27. The van der Waals surface area contributed by atoms with Crippen LogP contribution < -0.4 is 5.32 Å². The predicted octanol–water partition coefficient (Wildman–Crippen LogP) is 2.04. The summed E-state index contributed by atoms with van der Waals surface area (Å²) in [5, 5.41) is 2.88. The van der Waals surface area contributed by atoms with Crippen LogP contribution in [-0.4, -0.2) is 19.6 Å². The van der Waals surface area contributed by atoms with Crippen LogP contribution in [0, 0.1) is 13.8 Å². The fourth-order valence-corrected chi connectivity index (χ4v) is 2.07. The summed E-state index contributed by atoms with van der Waals surface area (Å²) >= 11 is 1.05. The number of aryl methyl sites for hydroxylation is 2. The molecule has 0 aliphatic carbocycles. The Morgan fingerprint density at radius 1 is 1.33 bits per heavy atom. The Balaban J connectivity index is 2.08. The molecule has 0 aliphatic rings. The molecule has 0 bridgehead atoms. The first-order chi connectivity index (χ1) is 8.58. The molecule has 1 amide bonds. The van der Waals surface area contributed by atoms with Gasteiger partial charge in [0.2, 0.25) is 0 Å². The normalized spacial score (nSPS) is 12.2. The van der Waals surface area contributed by atoms with Crippen LogP contribution in [0.25, 0.3) is 0 Å². The van der Waals surface area contributed by atoms with Crippen LogP contribution >= 0.6 is 11.7 Å². The molecule has 0 spiro atoms. The maximum Gasteiger partial charge on any atom is 0.273 e. The van der Waals surface area contributed by atoms with Gasteiger partial charge in [-0.3, -0.25) is 9.78 Å². The monoisotopic (exact) mass is 262 g/mol. The molecule has 2 aromatic heterocycles. The standard InChI is InChI=1S/C12H14N4OS/c1-7-4-5-10(6-13-7)8(2)14-12(17)11-9(3)15-18-16-11/h4-6,8H,1-3H3,(H,14,17). The Morgan fingerprint density at radius 3 is 2.67 bits per heavy atom. The average molecular weight is 262 g/mol. The van der Waals surface area contributed by atoms with Gasteiger partial charge in [0.1, 0.15) is 0 Å². The van der Waals surface area contributed by atoms with Crippen molar-refractivity contribution in [1.82, 2.24) is 19.0 Å². The Labute approximate surface area is 110 Å². The van der Waals surface area contributed by atoms with Crippen molar-refractivity contribution in [1.29, 1.82) is 0 Å². The lowest BCUT2D eigenvalue weighted by molar-refractivity contribution is 0.0935. The maximum atomic E-state index is 11.9. The lowest BCUT2D eigenvalue weighted by atomic mass is 10.1. The minimum Gasteiger partial charge on any atom is -0.344 e. The first kappa shape index (κ1) is 12.6. The van der Waals surface area contributed by atoms with Crippen LogP contribution in [-0.2, 0) is 0 Å². The molecule has 1 atom stereocenters. The number of hydrogen-bond donors (Lipinski definition) is 1. The highest BCUT2D eigenvalue weighted by Gasteiger charge is 2.16. The predicted molar refractivity (Wildman–Crippen MR) is 69.5 cm³/mol. The zero-order chi connectivity index (χ0) is 13.1. The summed E-state index contributed by atoms with van der Waals surface area (Å²) in [6.45, 7) is 5.62. The van der Waals surface area contributed by atoms with Gasteiger partial charge in [-0.25, -0.2) is 0 Å². The Bertz CT molecular complexity index is 549. The van der Waals surface area contributed by atoms with E-state index in [9.17, 15) is 4.79 Å². The summed E-state index contributed by atoms with van der Waals surface area (Å²) in [6, 6.07) is 3.78. The second kappa shape index (κ2) is 5.22. The molecule has 1 unspecified atom stereocenters. The Kier molecular flexibility index (Phi) is 3.66. The van der Waals surface area contributed by atoms with E-state index in [4.69, 9.17) is 0 Å². The zero-order valence-corrected chi connectivity index (χ0v) is 11.3. The van der Waals surface area contributed by atoms with Crippen molar-refractivity contribution < 1.29 is 4.79 Å². The van der Waals surface area contributed by atoms with Crippen molar-refractivity contribution in [2.75, 3.05) is 0 Å². The van der Waals surface area contributed by atoms with Gasteiger partial charge in [0.25, 0.3) is 5.91 Å². The van der Waals surface area contributed by atoms with Crippen LogP contribution in [0.5, 0.6) is 0 Å². The van der Waals surface area contributed by atoms with Crippen LogP contribution in [0.3, 0.4) is 0 Å². The number of hydrogen-bond acceptors (Lipinski definition) is 5. The second-order valence-corrected chi connectivity index (χ2v) is 4.65. The van der Waals surface area contributed by atoms with Gasteiger partial charge in [-0.15, -0.1) is 0 Å². The molecule has 0 aliphatic heterocycles. The number of carbonyl (C=O) groups excluding carboxylic acids is 1. The molecule has 2 aromatic rings. The van der Waals surface area contributed by atoms with Gasteiger partial charge in [0, 0.05) is 11.9 Å². The molecular formula is C12H14N4OS. The van der Waals surface area contributed by atoms with Gasteiger partial charge < -0.3 is 5.32 Å². The lowest BCUT2D eigenvalue weighted by Crippen LogP contribution is -2.27. The zero-order valence-electron chi connectivity index (χ0n) is 10.5. The fraction of sp³-hybridized carbons (Fsp3) is 0.333. The molecule has 5 nitrogen and oxygen atoms in total. The van der Waals surface area contributed by atoms with Crippen molar-refractivity contribution in [3.8, 4) is 0 Å². The van der Waals surface area contributed by atoms with E-state index in [2.05, 4.69) is 19.0 Å². The fourth-order valence-electron chi connectivity index (χ4n) is 1.52. The first-order valence-electron chi connectivity index (χ1n) is 5.60. The largest absolute Gasteiger partial charge is 0.344 e. The number of carbonyl (C=O) groups is 1. The summed E-state index contributed by atoms with van der Waals surface area (Å²) in [7, 11) is 0. The van der Waals surface area contributed by atoms with Gasteiger partial charge in [0.15, 0.2) is 5.69 Å². The number of nitrogens with zero attached hydrogens (tertiary/aromatic N) is 3. The summed E-state index contributed by atoms with van der Waals surface area (Å²) in [6.07, 6.45) is 1.77. The molecule has 2 rings (SSSR count). The molecular weight excluding hydrogens is 248 g/mol. The molecule has 1 N–H and O–H groups in total. The van der Waals surface area contributed by atoms with Crippen molar-refractivity contribution >= 4 is 17.6 Å². The summed E-state index contributed by atoms with van der Waals surface area (Å²) in [5.74, 6) is -0.200. The highest BCUT2D eigenvalue weighted by Crippen LogP contribution is 2.13. The number of amides is 1. The third-order valence-electron chi connectivity index (χ3n) is 2.65. The topological polar surface area (TPSA) is 67.8 Å².